The highest BCUT2D eigenvalue weighted by molar-refractivity contribution is 6.31. The Hall–Kier alpha value is -2.30. The molecule has 5 heteroatoms. The van der Waals surface area contributed by atoms with E-state index in [0.29, 0.717) is 17.3 Å². The molecule has 1 saturated heterocycles. The molecule has 0 radical (unpaired) electrons. The molecule has 0 aliphatic carbocycles. The largest absolute Gasteiger partial charge is 0.482 e. The summed E-state index contributed by atoms with van der Waals surface area (Å²) in [6, 6.07) is 15.4. The SMILES string of the molecule is C=CC(Oc1ccc(CNC2CCNC2=O)c(Cl)c1)c1ccccc1. The van der Waals surface area contributed by atoms with Crippen LogP contribution >= 0.6 is 11.6 Å². The van der Waals surface area contributed by atoms with Gasteiger partial charge in [0.25, 0.3) is 0 Å². The molecule has 1 heterocycles. The number of hydrogen-bond donors (Lipinski definition) is 2. The third-order valence-corrected chi connectivity index (χ3v) is 4.57. The minimum absolute atomic E-state index is 0.0489. The number of ether oxygens (including phenoxy) is 1. The summed E-state index contributed by atoms with van der Waals surface area (Å²) in [5, 5.41) is 6.65. The van der Waals surface area contributed by atoms with Gasteiger partial charge in [-0.2, -0.15) is 0 Å². The van der Waals surface area contributed by atoms with Crippen molar-refractivity contribution in [2.75, 3.05) is 6.54 Å². The summed E-state index contributed by atoms with van der Waals surface area (Å²) in [6.45, 7) is 5.11. The van der Waals surface area contributed by atoms with Crippen molar-refractivity contribution >= 4 is 17.5 Å². The first-order valence-electron chi connectivity index (χ1n) is 8.31. The molecule has 2 aromatic carbocycles. The van der Waals surface area contributed by atoms with E-state index in [9.17, 15) is 4.79 Å². The lowest BCUT2D eigenvalue weighted by Crippen LogP contribution is -2.35. The van der Waals surface area contributed by atoms with Crippen LogP contribution in [0.2, 0.25) is 5.02 Å². The summed E-state index contributed by atoms with van der Waals surface area (Å²) in [7, 11) is 0. The second kappa shape index (κ2) is 8.19. The molecule has 3 rings (SSSR count). The molecule has 25 heavy (non-hydrogen) atoms. The normalized spacial score (nSPS) is 17.8. The Morgan fingerprint density at radius 3 is 2.76 bits per heavy atom. The number of nitrogens with one attached hydrogen (secondary N) is 2. The van der Waals surface area contributed by atoms with Crippen LogP contribution in [-0.4, -0.2) is 18.5 Å². The van der Waals surface area contributed by atoms with Gasteiger partial charge in [0, 0.05) is 18.1 Å². The summed E-state index contributed by atoms with van der Waals surface area (Å²) in [5.74, 6) is 0.730. The van der Waals surface area contributed by atoms with Crippen molar-refractivity contribution in [1.29, 1.82) is 0 Å². The Morgan fingerprint density at radius 1 is 1.32 bits per heavy atom. The summed E-state index contributed by atoms with van der Waals surface area (Å²) < 4.78 is 5.99. The number of benzene rings is 2. The molecule has 0 aromatic heterocycles. The van der Waals surface area contributed by atoms with Gasteiger partial charge in [-0.25, -0.2) is 0 Å². The molecule has 1 aliphatic heterocycles. The second-order valence-corrected chi connectivity index (χ2v) is 6.36. The van der Waals surface area contributed by atoms with Crippen LogP contribution in [-0.2, 0) is 11.3 Å². The van der Waals surface area contributed by atoms with Crippen LogP contribution in [0.4, 0.5) is 0 Å². The monoisotopic (exact) mass is 356 g/mol. The topological polar surface area (TPSA) is 50.4 Å². The van der Waals surface area contributed by atoms with Crippen molar-refractivity contribution in [2.45, 2.75) is 25.1 Å². The number of rotatable bonds is 7. The summed E-state index contributed by atoms with van der Waals surface area (Å²) in [6.07, 6.45) is 2.33. The van der Waals surface area contributed by atoms with E-state index in [1.807, 2.05) is 42.5 Å². The number of carbonyl (C=O) groups is 1. The zero-order valence-corrected chi connectivity index (χ0v) is 14.6. The number of hydrogen-bond acceptors (Lipinski definition) is 3. The first kappa shape index (κ1) is 17.5. The highest BCUT2D eigenvalue weighted by atomic mass is 35.5. The molecule has 0 spiro atoms. The molecule has 2 aromatic rings. The molecule has 1 fully saturated rings. The van der Waals surface area contributed by atoms with Gasteiger partial charge in [-0.3, -0.25) is 4.79 Å². The van der Waals surface area contributed by atoms with Gasteiger partial charge in [-0.1, -0.05) is 54.6 Å². The van der Waals surface area contributed by atoms with E-state index in [2.05, 4.69) is 17.2 Å². The van der Waals surface area contributed by atoms with Crippen molar-refractivity contribution < 1.29 is 9.53 Å². The third-order valence-electron chi connectivity index (χ3n) is 4.22. The van der Waals surface area contributed by atoms with Crippen LogP contribution in [0, 0.1) is 0 Å². The Morgan fingerprint density at radius 2 is 2.12 bits per heavy atom. The van der Waals surface area contributed by atoms with E-state index in [1.54, 1.807) is 12.1 Å². The first-order chi connectivity index (χ1) is 12.2. The highest BCUT2D eigenvalue weighted by Crippen LogP contribution is 2.27. The lowest BCUT2D eigenvalue weighted by Gasteiger charge is -2.17. The van der Waals surface area contributed by atoms with Crippen molar-refractivity contribution in [2.24, 2.45) is 0 Å². The van der Waals surface area contributed by atoms with Crippen LogP contribution < -0.4 is 15.4 Å². The Labute approximate surface area is 152 Å². The van der Waals surface area contributed by atoms with E-state index < -0.39 is 0 Å². The average Bonchev–Trinajstić information content (AvgIpc) is 3.04. The Balaban J connectivity index is 1.64. The predicted octanol–water partition coefficient (Wildman–Crippen LogP) is 3.62. The summed E-state index contributed by atoms with van der Waals surface area (Å²) in [4.78, 5) is 11.6. The van der Waals surface area contributed by atoms with Crippen molar-refractivity contribution in [1.82, 2.24) is 10.6 Å². The van der Waals surface area contributed by atoms with E-state index in [0.717, 1.165) is 24.1 Å². The molecule has 0 saturated carbocycles. The number of carbonyl (C=O) groups excluding carboxylic acids is 1. The maximum absolute atomic E-state index is 11.6. The van der Waals surface area contributed by atoms with E-state index in [4.69, 9.17) is 16.3 Å². The van der Waals surface area contributed by atoms with Gasteiger partial charge < -0.3 is 15.4 Å². The lowest BCUT2D eigenvalue weighted by molar-refractivity contribution is -0.120. The van der Waals surface area contributed by atoms with Crippen molar-refractivity contribution in [3.05, 3.63) is 77.3 Å². The van der Waals surface area contributed by atoms with Crippen molar-refractivity contribution in [3.63, 3.8) is 0 Å². The molecule has 0 bridgehead atoms. The zero-order chi connectivity index (χ0) is 17.6. The highest BCUT2D eigenvalue weighted by Gasteiger charge is 2.23. The minimum atomic E-state index is -0.233. The fourth-order valence-electron chi connectivity index (χ4n) is 2.81. The van der Waals surface area contributed by atoms with Gasteiger partial charge in [-0.15, -0.1) is 0 Å². The van der Waals surface area contributed by atoms with Gasteiger partial charge in [0.15, 0.2) is 0 Å². The van der Waals surface area contributed by atoms with E-state index >= 15 is 0 Å². The quantitative estimate of drug-likeness (QED) is 0.745. The predicted molar refractivity (Wildman–Crippen MR) is 99.7 cm³/mol. The van der Waals surface area contributed by atoms with Crippen LogP contribution in [0.15, 0.2) is 61.2 Å². The molecule has 4 nitrogen and oxygen atoms in total. The van der Waals surface area contributed by atoms with Crippen LogP contribution in [0.3, 0.4) is 0 Å². The molecular weight excluding hydrogens is 336 g/mol. The molecule has 2 atom stereocenters. The van der Waals surface area contributed by atoms with Crippen LogP contribution in [0.1, 0.15) is 23.7 Å². The zero-order valence-electron chi connectivity index (χ0n) is 13.9. The maximum atomic E-state index is 11.6. The van der Waals surface area contributed by atoms with Crippen molar-refractivity contribution in [3.8, 4) is 5.75 Å². The minimum Gasteiger partial charge on any atom is -0.482 e. The third kappa shape index (κ3) is 4.41. The van der Waals surface area contributed by atoms with Gasteiger partial charge in [0.05, 0.1) is 6.04 Å². The molecule has 1 amide bonds. The first-order valence-corrected chi connectivity index (χ1v) is 8.69. The lowest BCUT2D eigenvalue weighted by atomic mass is 10.1. The average molecular weight is 357 g/mol. The molecule has 1 aliphatic rings. The van der Waals surface area contributed by atoms with Crippen LogP contribution in [0.5, 0.6) is 5.75 Å². The number of amides is 1. The Bertz CT molecular complexity index is 749. The maximum Gasteiger partial charge on any atom is 0.237 e. The fraction of sp³-hybridized carbons (Fsp3) is 0.250. The van der Waals surface area contributed by atoms with Gasteiger partial charge in [0.2, 0.25) is 5.91 Å². The number of halogens is 1. The smallest absolute Gasteiger partial charge is 0.237 e. The Kier molecular flexibility index (Phi) is 5.74. The van der Waals surface area contributed by atoms with Gasteiger partial charge in [-0.05, 0) is 35.8 Å². The fourth-order valence-corrected chi connectivity index (χ4v) is 3.05. The standard InChI is InChI=1S/C20H21ClN2O2/c1-2-19(14-6-4-3-5-7-14)25-16-9-8-15(17(21)12-16)13-23-18-10-11-22-20(18)24/h2-9,12,18-19,23H,1,10-11,13H2,(H,22,24). The summed E-state index contributed by atoms with van der Waals surface area (Å²) >= 11 is 6.38. The van der Waals surface area contributed by atoms with E-state index in [-0.39, 0.29) is 18.1 Å². The van der Waals surface area contributed by atoms with Gasteiger partial charge in [0.1, 0.15) is 11.9 Å². The molecule has 130 valence electrons. The molecule has 2 unspecified atom stereocenters. The summed E-state index contributed by atoms with van der Waals surface area (Å²) in [5.41, 5.74) is 1.97. The van der Waals surface area contributed by atoms with Gasteiger partial charge >= 0.3 is 0 Å². The second-order valence-electron chi connectivity index (χ2n) is 5.95. The van der Waals surface area contributed by atoms with Crippen LogP contribution in [0.25, 0.3) is 0 Å². The molecule has 2 N–H and O–H groups in total. The molecular formula is C20H21ClN2O2. The van der Waals surface area contributed by atoms with E-state index in [1.165, 1.54) is 0 Å².